The summed E-state index contributed by atoms with van der Waals surface area (Å²) in [4.78, 5) is 45.4. The van der Waals surface area contributed by atoms with Crippen molar-refractivity contribution in [3.63, 3.8) is 0 Å². The van der Waals surface area contributed by atoms with Gasteiger partial charge >= 0.3 is 17.9 Å². The Labute approximate surface area is 150 Å². The van der Waals surface area contributed by atoms with Crippen LogP contribution < -0.4 is 0 Å². The Morgan fingerprint density at radius 2 is 1.44 bits per heavy atom. The number of ketones is 1. The van der Waals surface area contributed by atoms with Gasteiger partial charge in [0.15, 0.2) is 5.78 Å². The van der Waals surface area contributed by atoms with Crippen LogP contribution >= 0.6 is 23.2 Å². The molecule has 0 heterocycles. The molecular formula is C16H10Cl2O7. The number of benzene rings is 1. The fourth-order valence-electron chi connectivity index (χ4n) is 2.39. The van der Waals surface area contributed by atoms with E-state index < -0.39 is 50.8 Å². The molecule has 3 N–H and O–H groups in total. The molecule has 0 radical (unpaired) electrons. The number of hydrogen-bond acceptors (Lipinski definition) is 4. The van der Waals surface area contributed by atoms with Gasteiger partial charge in [-0.05, 0) is 24.6 Å². The first kappa shape index (κ1) is 18.7. The highest BCUT2D eigenvalue weighted by atomic mass is 35.5. The zero-order chi connectivity index (χ0) is 18.9. The third kappa shape index (κ3) is 3.42. The van der Waals surface area contributed by atoms with Crippen LogP contribution in [0.2, 0.25) is 0 Å². The van der Waals surface area contributed by atoms with Crippen LogP contribution in [-0.2, 0) is 0 Å². The van der Waals surface area contributed by atoms with Crippen molar-refractivity contribution in [3.8, 4) is 0 Å². The van der Waals surface area contributed by atoms with Crippen LogP contribution in [0.25, 0.3) is 0 Å². The lowest BCUT2D eigenvalue weighted by Gasteiger charge is -2.25. The van der Waals surface area contributed by atoms with Crippen LogP contribution in [0, 0.1) is 0 Å². The average molecular weight is 385 g/mol. The van der Waals surface area contributed by atoms with Crippen molar-refractivity contribution >= 4 is 46.9 Å². The predicted octanol–water partition coefficient (Wildman–Crippen LogP) is 3.02. The smallest absolute Gasteiger partial charge is 0.337 e. The van der Waals surface area contributed by atoms with Gasteiger partial charge in [-0.1, -0.05) is 23.8 Å². The quantitative estimate of drug-likeness (QED) is 0.525. The third-order valence-corrected chi connectivity index (χ3v) is 4.32. The zero-order valence-corrected chi connectivity index (χ0v) is 13.8. The molecule has 0 fully saturated rings. The Hall–Kier alpha value is -2.64. The number of carboxylic acids is 3. The minimum atomic E-state index is -1.77. The molecule has 130 valence electrons. The van der Waals surface area contributed by atoms with Crippen molar-refractivity contribution in [2.45, 2.75) is 11.3 Å². The molecule has 25 heavy (non-hydrogen) atoms. The number of Topliss-reactive ketones (excluding diaryl/α,β-unsaturated/α-hetero) is 1. The molecule has 0 bridgehead atoms. The maximum absolute atomic E-state index is 12.9. The van der Waals surface area contributed by atoms with Gasteiger partial charge in [-0.2, -0.15) is 0 Å². The second kappa shape index (κ2) is 6.70. The van der Waals surface area contributed by atoms with Crippen LogP contribution in [-0.4, -0.2) is 43.9 Å². The van der Waals surface area contributed by atoms with Gasteiger partial charge in [0, 0.05) is 10.6 Å². The number of halogens is 2. The monoisotopic (exact) mass is 384 g/mol. The summed E-state index contributed by atoms with van der Waals surface area (Å²) in [6, 6.07) is 1.68. The topological polar surface area (TPSA) is 129 Å². The minimum Gasteiger partial charge on any atom is -0.478 e. The van der Waals surface area contributed by atoms with Crippen LogP contribution in [0.3, 0.4) is 0 Å². The molecule has 1 aromatic carbocycles. The lowest BCUT2D eigenvalue weighted by atomic mass is 9.84. The van der Waals surface area contributed by atoms with Crippen LogP contribution in [0.15, 0.2) is 35.4 Å². The van der Waals surface area contributed by atoms with Crippen molar-refractivity contribution in [1.29, 1.82) is 0 Å². The minimum absolute atomic E-state index is 0.113. The molecule has 2 rings (SSSR count). The molecule has 1 unspecified atom stereocenters. The second-order valence-electron chi connectivity index (χ2n) is 5.14. The van der Waals surface area contributed by atoms with Crippen molar-refractivity contribution in [2.24, 2.45) is 0 Å². The molecule has 0 saturated carbocycles. The van der Waals surface area contributed by atoms with Gasteiger partial charge in [0.25, 0.3) is 0 Å². The van der Waals surface area contributed by atoms with Gasteiger partial charge < -0.3 is 15.3 Å². The molecule has 1 atom stereocenters. The molecule has 0 aromatic heterocycles. The summed E-state index contributed by atoms with van der Waals surface area (Å²) >= 11 is 12.0. The number of carbonyl (C=O) groups is 4. The lowest BCUT2D eigenvalue weighted by molar-refractivity contribution is 0.0645. The normalized spacial score (nSPS) is 19.2. The van der Waals surface area contributed by atoms with Gasteiger partial charge in [0.2, 0.25) is 0 Å². The highest BCUT2D eigenvalue weighted by Gasteiger charge is 2.40. The maximum Gasteiger partial charge on any atom is 0.337 e. The summed E-state index contributed by atoms with van der Waals surface area (Å²) < 4.78 is 0. The number of allylic oxidation sites excluding steroid dienone is 4. The number of alkyl halides is 1. The van der Waals surface area contributed by atoms with Gasteiger partial charge in [-0.15, -0.1) is 11.6 Å². The number of hydrogen-bond donors (Lipinski definition) is 3. The summed E-state index contributed by atoms with van der Waals surface area (Å²) in [7, 11) is 0. The Balaban J connectivity index is 2.78. The molecule has 7 nitrogen and oxygen atoms in total. The first-order valence-corrected chi connectivity index (χ1v) is 7.49. The number of carboxylic acid groups (broad SMARTS) is 3. The Kier molecular flexibility index (Phi) is 5.01. The van der Waals surface area contributed by atoms with E-state index in [0.29, 0.717) is 5.03 Å². The molecule has 9 heteroatoms. The van der Waals surface area contributed by atoms with E-state index in [0.717, 1.165) is 12.1 Å². The van der Waals surface area contributed by atoms with Crippen molar-refractivity contribution < 1.29 is 34.5 Å². The van der Waals surface area contributed by atoms with E-state index in [4.69, 9.17) is 28.3 Å². The Morgan fingerprint density at radius 3 is 1.84 bits per heavy atom. The van der Waals surface area contributed by atoms with E-state index in [-0.39, 0.29) is 6.42 Å². The number of aromatic carboxylic acids is 3. The van der Waals surface area contributed by atoms with E-state index in [9.17, 15) is 29.4 Å². The molecule has 0 amide bonds. The molecule has 1 aliphatic rings. The molecule has 0 saturated heterocycles. The van der Waals surface area contributed by atoms with Crippen LogP contribution in [0.5, 0.6) is 0 Å². The Bertz CT molecular complexity index is 869. The molecule has 0 aliphatic heterocycles. The van der Waals surface area contributed by atoms with Crippen LogP contribution in [0.1, 0.15) is 47.9 Å². The Morgan fingerprint density at radius 1 is 0.920 bits per heavy atom. The summed E-state index contributed by atoms with van der Waals surface area (Å²) in [5, 5.41) is 28.1. The second-order valence-corrected chi connectivity index (χ2v) is 6.26. The van der Waals surface area contributed by atoms with E-state index in [1.165, 1.54) is 18.2 Å². The standard InChI is InChI=1S/C16H10Cl2O7/c17-7-3-5-16(18,6-4-7)12(19)10-8(13(20)21)1-2-9(14(22)23)11(10)15(24)25/h1-5H,6H2,(H,20,21)(H,22,23)(H,24,25). The largest absolute Gasteiger partial charge is 0.478 e. The highest BCUT2D eigenvalue weighted by molar-refractivity contribution is 6.42. The van der Waals surface area contributed by atoms with E-state index in [1.54, 1.807) is 0 Å². The molecular weight excluding hydrogens is 375 g/mol. The maximum atomic E-state index is 12.9. The van der Waals surface area contributed by atoms with Gasteiger partial charge in [0.1, 0.15) is 4.87 Å². The van der Waals surface area contributed by atoms with Crippen molar-refractivity contribution in [3.05, 3.63) is 57.6 Å². The number of carbonyl (C=O) groups excluding carboxylic acids is 1. The van der Waals surface area contributed by atoms with Gasteiger partial charge in [-0.25, -0.2) is 14.4 Å². The molecule has 0 spiro atoms. The van der Waals surface area contributed by atoms with Crippen molar-refractivity contribution in [1.82, 2.24) is 0 Å². The summed E-state index contributed by atoms with van der Waals surface area (Å²) in [5.74, 6) is -5.99. The zero-order valence-electron chi connectivity index (χ0n) is 12.3. The average Bonchev–Trinajstić information content (AvgIpc) is 2.55. The van der Waals surface area contributed by atoms with E-state index in [2.05, 4.69) is 0 Å². The number of rotatable bonds is 5. The first-order valence-electron chi connectivity index (χ1n) is 6.74. The summed E-state index contributed by atoms with van der Waals surface area (Å²) in [5.41, 5.74) is -3.06. The fourth-order valence-corrected chi connectivity index (χ4v) is 2.76. The van der Waals surface area contributed by atoms with E-state index in [1.807, 2.05) is 0 Å². The first-order chi connectivity index (χ1) is 11.6. The van der Waals surface area contributed by atoms with Gasteiger partial charge in [0.05, 0.1) is 16.7 Å². The molecule has 1 aliphatic carbocycles. The summed E-state index contributed by atoms with van der Waals surface area (Å²) in [6.07, 6.45) is 3.83. The summed E-state index contributed by atoms with van der Waals surface area (Å²) in [6.45, 7) is 0. The predicted molar refractivity (Wildman–Crippen MR) is 87.9 cm³/mol. The SMILES string of the molecule is O=C(O)c1ccc(C(=O)O)c(C(=O)C2(Cl)C=CC(Cl)=CC2)c1C(=O)O. The lowest BCUT2D eigenvalue weighted by Crippen LogP contribution is -2.34. The van der Waals surface area contributed by atoms with Crippen LogP contribution in [0.4, 0.5) is 0 Å². The molecule has 1 aromatic rings. The van der Waals surface area contributed by atoms with Gasteiger partial charge in [-0.3, -0.25) is 4.79 Å². The highest BCUT2D eigenvalue weighted by Crippen LogP contribution is 2.35. The fraction of sp³-hybridized carbons (Fsp3) is 0.125. The van der Waals surface area contributed by atoms with Crippen molar-refractivity contribution in [2.75, 3.05) is 0 Å². The third-order valence-electron chi connectivity index (χ3n) is 3.59. The van der Waals surface area contributed by atoms with E-state index >= 15 is 0 Å².